The molecule has 0 heterocycles. The molecule has 0 saturated heterocycles. The Kier molecular flexibility index (Phi) is 3.90. The second-order valence-electron chi connectivity index (χ2n) is 4.22. The minimum absolute atomic E-state index is 0.164. The molecule has 0 aliphatic carbocycles. The van der Waals surface area contributed by atoms with Crippen LogP contribution in [0.25, 0.3) is 0 Å². The fourth-order valence-corrected chi connectivity index (χ4v) is 1.90. The normalized spacial score (nSPS) is 13.0. The Morgan fingerprint density at radius 1 is 0.950 bits per heavy atom. The van der Waals surface area contributed by atoms with Gasteiger partial charge in [-0.1, -0.05) is 48.5 Å². The molecule has 0 bridgehead atoms. The van der Waals surface area contributed by atoms with Gasteiger partial charge in [0.1, 0.15) is 6.10 Å². The van der Waals surface area contributed by atoms with Gasteiger partial charge in [-0.05, 0) is 6.07 Å². The van der Waals surface area contributed by atoms with Crippen LogP contribution in [-0.2, 0) is 6.18 Å². The van der Waals surface area contributed by atoms with E-state index in [1.54, 1.807) is 18.2 Å². The summed E-state index contributed by atoms with van der Waals surface area (Å²) in [7, 11) is 0. The van der Waals surface area contributed by atoms with E-state index < -0.39 is 29.2 Å². The van der Waals surface area contributed by atoms with E-state index in [0.29, 0.717) is 0 Å². The third-order valence-corrected chi connectivity index (χ3v) is 2.87. The molecule has 2 aromatic rings. The zero-order valence-electron chi connectivity index (χ0n) is 10.3. The topological polar surface area (TPSA) is 37.3 Å². The summed E-state index contributed by atoms with van der Waals surface area (Å²) in [5.41, 5.74) is -1.28. The molecule has 2 rings (SSSR count). The Balaban J connectivity index is 2.40. The van der Waals surface area contributed by atoms with E-state index in [1.807, 2.05) is 0 Å². The molecule has 2 aromatic carbocycles. The molecular formula is C15H11F3O2. The molecule has 0 spiro atoms. The molecule has 0 unspecified atom stereocenters. The molecule has 5 heteroatoms. The van der Waals surface area contributed by atoms with Gasteiger partial charge in [-0.3, -0.25) is 4.79 Å². The van der Waals surface area contributed by atoms with Crippen LogP contribution >= 0.6 is 0 Å². The average Bonchev–Trinajstić information content (AvgIpc) is 2.46. The zero-order valence-corrected chi connectivity index (χ0v) is 10.3. The maximum atomic E-state index is 12.9. The summed E-state index contributed by atoms with van der Waals surface area (Å²) in [5.74, 6) is -0.762. The number of aliphatic hydroxyl groups excluding tert-OH is 1. The number of ketones is 1. The molecule has 0 radical (unpaired) electrons. The molecule has 0 aliphatic rings. The maximum Gasteiger partial charge on any atom is 0.416 e. The first-order chi connectivity index (χ1) is 9.41. The van der Waals surface area contributed by atoms with E-state index in [2.05, 4.69) is 0 Å². The number of halogens is 3. The van der Waals surface area contributed by atoms with Gasteiger partial charge in [-0.25, -0.2) is 0 Å². The van der Waals surface area contributed by atoms with Gasteiger partial charge in [-0.2, -0.15) is 13.2 Å². The summed E-state index contributed by atoms with van der Waals surface area (Å²) >= 11 is 0. The van der Waals surface area contributed by atoms with Crippen molar-refractivity contribution in [2.24, 2.45) is 0 Å². The van der Waals surface area contributed by atoms with Crippen molar-refractivity contribution in [3.05, 3.63) is 71.3 Å². The maximum absolute atomic E-state index is 12.9. The molecule has 104 valence electrons. The van der Waals surface area contributed by atoms with E-state index in [0.717, 1.165) is 12.1 Å². The number of carbonyl (C=O) groups excluding carboxylic acids is 1. The molecule has 0 saturated carbocycles. The zero-order chi connectivity index (χ0) is 14.8. The van der Waals surface area contributed by atoms with Crippen LogP contribution in [0.15, 0.2) is 54.6 Å². The highest BCUT2D eigenvalue weighted by molar-refractivity contribution is 6.00. The quantitative estimate of drug-likeness (QED) is 0.872. The highest BCUT2D eigenvalue weighted by Crippen LogP contribution is 2.35. The van der Waals surface area contributed by atoms with E-state index in [-0.39, 0.29) is 5.56 Å². The number of aliphatic hydroxyl groups is 1. The van der Waals surface area contributed by atoms with Crippen LogP contribution in [-0.4, -0.2) is 10.9 Å². The summed E-state index contributed by atoms with van der Waals surface area (Å²) in [4.78, 5) is 12.0. The molecule has 2 nitrogen and oxygen atoms in total. The Morgan fingerprint density at radius 2 is 1.50 bits per heavy atom. The second kappa shape index (κ2) is 5.46. The lowest BCUT2D eigenvalue weighted by atomic mass is 9.96. The summed E-state index contributed by atoms with van der Waals surface area (Å²) in [6.45, 7) is 0. The van der Waals surface area contributed by atoms with E-state index in [1.165, 1.54) is 24.3 Å². The van der Waals surface area contributed by atoms with E-state index in [9.17, 15) is 23.1 Å². The Hall–Kier alpha value is -2.14. The highest BCUT2D eigenvalue weighted by Gasteiger charge is 2.36. The van der Waals surface area contributed by atoms with Crippen molar-refractivity contribution >= 4 is 5.78 Å². The lowest BCUT2D eigenvalue weighted by molar-refractivity contribution is -0.138. The minimum Gasteiger partial charge on any atom is -0.380 e. The van der Waals surface area contributed by atoms with Crippen LogP contribution in [0.3, 0.4) is 0 Å². The first kappa shape index (κ1) is 14.3. The van der Waals surface area contributed by atoms with Crippen molar-refractivity contribution in [2.75, 3.05) is 0 Å². The minimum atomic E-state index is -4.62. The van der Waals surface area contributed by atoms with Gasteiger partial charge in [0.25, 0.3) is 0 Å². The summed E-state index contributed by atoms with van der Waals surface area (Å²) < 4.78 is 38.6. The first-order valence-corrected chi connectivity index (χ1v) is 5.84. The second-order valence-corrected chi connectivity index (χ2v) is 4.22. The van der Waals surface area contributed by atoms with Gasteiger partial charge in [0.15, 0.2) is 5.78 Å². The molecule has 1 N–H and O–H groups in total. The molecule has 0 aromatic heterocycles. The van der Waals surface area contributed by atoms with E-state index in [4.69, 9.17) is 0 Å². The molecule has 20 heavy (non-hydrogen) atoms. The van der Waals surface area contributed by atoms with Crippen LogP contribution in [0.2, 0.25) is 0 Å². The number of hydrogen-bond acceptors (Lipinski definition) is 2. The van der Waals surface area contributed by atoms with Crippen molar-refractivity contribution in [3.63, 3.8) is 0 Å². The Morgan fingerprint density at radius 3 is 2.10 bits per heavy atom. The molecule has 1 atom stereocenters. The van der Waals surface area contributed by atoms with E-state index >= 15 is 0 Å². The largest absolute Gasteiger partial charge is 0.416 e. The SMILES string of the molecule is O=C(c1ccccc1)[C@@H](O)c1ccccc1C(F)(F)F. The standard InChI is InChI=1S/C15H11F3O2/c16-15(17,18)12-9-5-4-8-11(12)14(20)13(19)10-6-2-1-3-7-10/h1-9,14,20H/t14-/m0/s1. The molecule has 0 fully saturated rings. The smallest absolute Gasteiger partial charge is 0.380 e. The van der Waals surface area contributed by atoms with Crippen LogP contribution in [0, 0.1) is 0 Å². The third-order valence-electron chi connectivity index (χ3n) is 2.87. The van der Waals surface area contributed by atoms with Crippen molar-refractivity contribution < 1.29 is 23.1 Å². The van der Waals surface area contributed by atoms with Crippen LogP contribution < -0.4 is 0 Å². The molecular weight excluding hydrogens is 269 g/mol. The number of carbonyl (C=O) groups is 1. The van der Waals surface area contributed by atoms with Crippen molar-refractivity contribution in [2.45, 2.75) is 12.3 Å². The number of Topliss-reactive ketones (excluding diaryl/α,β-unsaturated/α-hetero) is 1. The average molecular weight is 280 g/mol. The fraction of sp³-hybridized carbons (Fsp3) is 0.133. The van der Waals surface area contributed by atoms with Crippen molar-refractivity contribution in [3.8, 4) is 0 Å². The Bertz CT molecular complexity index is 606. The molecule has 0 amide bonds. The lowest BCUT2D eigenvalue weighted by Crippen LogP contribution is -2.18. The lowest BCUT2D eigenvalue weighted by Gasteiger charge is -2.16. The van der Waals surface area contributed by atoms with Gasteiger partial charge in [0.05, 0.1) is 5.56 Å². The predicted octanol–water partition coefficient (Wildman–Crippen LogP) is 3.62. The first-order valence-electron chi connectivity index (χ1n) is 5.84. The van der Waals surface area contributed by atoms with Crippen LogP contribution in [0.1, 0.15) is 27.6 Å². The van der Waals surface area contributed by atoms with Crippen LogP contribution in [0.5, 0.6) is 0 Å². The number of benzene rings is 2. The van der Waals surface area contributed by atoms with Gasteiger partial charge in [-0.15, -0.1) is 0 Å². The predicted molar refractivity (Wildman–Crippen MR) is 67.2 cm³/mol. The van der Waals surface area contributed by atoms with Gasteiger partial charge in [0, 0.05) is 11.1 Å². The summed E-state index contributed by atoms with van der Waals surface area (Å²) in [6, 6.07) is 12.2. The fourth-order valence-electron chi connectivity index (χ4n) is 1.90. The van der Waals surface area contributed by atoms with Gasteiger partial charge in [0.2, 0.25) is 0 Å². The summed E-state index contributed by atoms with van der Waals surface area (Å²) in [6.07, 6.45) is -6.45. The number of hydrogen-bond donors (Lipinski definition) is 1. The van der Waals surface area contributed by atoms with Gasteiger partial charge >= 0.3 is 6.18 Å². The van der Waals surface area contributed by atoms with Gasteiger partial charge < -0.3 is 5.11 Å². The number of alkyl halides is 3. The highest BCUT2D eigenvalue weighted by atomic mass is 19.4. The third kappa shape index (κ3) is 2.88. The summed E-state index contributed by atoms with van der Waals surface area (Å²) in [5, 5.41) is 9.94. The monoisotopic (exact) mass is 280 g/mol. The van der Waals surface area contributed by atoms with Crippen LogP contribution in [0.4, 0.5) is 13.2 Å². The number of rotatable bonds is 3. The Labute approximate surface area is 113 Å². The van der Waals surface area contributed by atoms with Crippen molar-refractivity contribution in [1.29, 1.82) is 0 Å². The molecule has 0 aliphatic heterocycles. The van der Waals surface area contributed by atoms with Crippen molar-refractivity contribution in [1.82, 2.24) is 0 Å².